The Labute approximate surface area is 134 Å². The van der Waals surface area contributed by atoms with Crippen LogP contribution < -0.4 is 0 Å². The molecule has 2 N–H and O–H groups in total. The molecule has 0 saturated heterocycles. The summed E-state index contributed by atoms with van der Waals surface area (Å²) in [7, 11) is 0. The SMILES string of the molecule is CC(C)c1nc(CC(C)c2cn[nH]c2C(C)C)[nH]c1C(C)C. The van der Waals surface area contributed by atoms with E-state index in [2.05, 4.69) is 63.6 Å². The van der Waals surface area contributed by atoms with Crippen LogP contribution in [0.5, 0.6) is 0 Å². The van der Waals surface area contributed by atoms with E-state index < -0.39 is 0 Å². The molecule has 0 aliphatic carbocycles. The zero-order chi connectivity index (χ0) is 16.4. The van der Waals surface area contributed by atoms with Crippen LogP contribution in [0.25, 0.3) is 0 Å². The van der Waals surface area contributed by atoms with E-state index in [0.717, 1.165) is 12.2 Å². The third-order valence-electron chi connectivity index (χ3n) is 4.24. The number of aromatic amines is 2. The molecule has 0 spiro atoms. The van der Waals surface area contributed by atoms with Crippen LogP contribution in [0, 0.1) is 0 Å². The number of rotatable bonds is 6. The molecule has 2 aromatic heterocycles. The largest absolute Gasteiger partial charge is 0.345 e. The molecular weight excluding hydrogens is 272 g/mol. The van der Waals surface area contributed by atoms with Crippen molar-refractivity contribution in [2.24, 2.45) is 0 Å². The van der Waals surface area contributed by atoms with E-state index in [1.54, 1.807) is 0 Å². The van der Waals surface area contributed by atoms with Crippen LogP contribution in [0.15, 0.2) is 6.20 Å². The number of hydrogen-bond acceptors (Lipinski definition) is 2. The standard InChI is InChI=1S/C18H30N4/c1-10(2)16-14(9-19-22-16)13(7)8-15-20-17(11(3)4)18(21-15)12(5)6/h9-13H,8H2,1-7H3,(H,19,22)(H,20,21). The average Bonchev–Trinajstić information content (AvgIpc) is 3.04. The maximum Gasteiger partial charge on any atom is 0.107 e. The van der Waals surface area contributed by atoms with Crippen LogP contribution in [-0.4, -0.2) is 20.2 Å². The summed E-state index contributed by atoms with van der Waals surface area (Å²) in [6.07, 6.45) is 2.89. The summed E-state index contributed by atoms with van der Waals surface area (Å²) in [5.74, 6) is 2.90. The third-order valence-corrected chi connectivity index (χ3v) is 4.24. The Morgan fingerprint density at radius 2 is 1.55 bits per heavy atom. The number of H-pyrrole nitrogens is 2. The Hall–Kier alpha value is -1.58. The van der Waals surface area contributed by atoms with Gasteiger partial charge in [-0.3, -0.25) is 5.10 Å². The van der Waals surface area contributed by atoms with Gasteiger partial charge in [0.2, 0.25) is 0 Å². The van der Waals surface area contributed by atoms with E-state index in [1.807, 2.05) is 6.20 Å². The molecule has 4 nitrogen and oxygen atoms in total. The normalized spacial score (nSPS) is 13.5. The molecule has 0 bridgehead atoms. The first-order chi connectivity index (χ1) is 10.3. The number of imidazole rings is 1. The highest BCUT2D eigenvalue weighted by molar-refractivity contribution is 5.26. The van der Waals surface area contributed by atoms with Crippen LogP contribution in [-0.2, 0) is 6.42 Å². The van der Waals surface area contributed by atoms with Crippen LogP contribution in [0.4, 0.5) is 0 Å². The molecule has 0 amide bonds. The van der Waals surface area contributed by atoms with Crippen LogP contribution >= 0.6 is 0 Å². The second-order valence-corrected chi connectivity index (χ2v) is 7.29. The summed E-state index contributed by atoms with van der Waals surface area (Å²) in [5, 5.41) is 7.37. The van der Waals surface area contributed by atoms with Gasteiger partial charge in [-0.25, -0.2) is 4.98 Å². The Kier molecular flexibility index (Phi) is 5.09. The third kappa shape index (κ3) is 3.42. The number of aromatic nitrogens is 4. The highest BCUT2D eigenvalue weighted by Crippen LogP contribution is 2.29. The van der Waals surface area contributed by atoms with Gasteiger partial charge in [-0.2, -0.15) is 5.10 Å². The molecule has 4 heteroatoms. The summed E-state index contributed by atoms with van der Waals surface area (Å²) in [6, 6.07) is 0. The molecule has 22 heavy (non-hydrogen) atoms. The quantitative estimate of drug-likeness (QED) is 0.801. The first kappa shape index (κ1) is 16.8. The average molecular weight is 302 g/mol. The molecule has 122 valence electrons. The molecule has 2 heterocycles. The molecule has 0 aromatic carbocycles. The molecule has 1 unspecified atom stereocenters. The van der Waals surface area contributed by atoms with Crippen molar-refractivity contribution < 1.29 is 0 Å². The smallest absolute Gasteiger partial charge is 0.107 e. The van der Waals surface area contributed by atoms with E-state index >= 15 is 0 Å². The Balaban J connectivity index is 2.23. The molecule has 2 aromatic rings. The van der Waals surface area contributed by atoms with E-state index in [0.29, 0.717) is 23.7 Å². The maximum atomic E-state index is 4.87. The van der Waals surface area contributed by atoms with Gasteiger partial charge in [0.15, 0.2) is 0 Å². The summed E-state index contributed by atoms with van der Waals surface area (Å²) >= 11 is 0. The van der Waals surface area contributed by atoms with Crippen LogP contribution in [0.2, 0.25) is 0 Å². The van der Waals surface area contributed by atoms with E-state index in [4.69, 9.17) is 4.98 Å². The molecule has 0 saturated carbocycles. The molecule has 0 aliphatic heterocycles. The van der Waals surface area contributed by atoms with Gasteiger partial charge in [-0.05, 0) is 29.2 Å². The fourth-order valence-corrected chi connectivity index (χ4v) is 2.99. The lowest BCUT2D eigenvalue weighted by Crippen LogP contribution is -2.04. The van der Waals surface area contributed by atoms with E-state index in [1.165, 1.54) is 22.6 Å². The molecule has 1 atom stereocenters. The van der Waals surface area contributed by atoms with Gasteiger partial charge in [-0.15, -0.1) is 0 Å². The van der Waals surface area contributed by atoms with Crippen LogP contribution in [0.1, 0.15) is 101 Å². The minimum Gasteiger partial charge on any atom is -0.345 e. The summed E-state index contributed by atoms with van der Waals surface area (Å²) in [6.45, 7) is 15.5. The Morgan fingerprint density at radius 1 is 0.909 bits per heavy atom. The second kappa shape index (κ2) is 6.67. The zero-order valence-corrected chi connectivity index (χ0v) is 15.0. The van der Waals surface area contributed by atoms with Gasteiger partial charge in [0, 0.05) is 17.8 Å². The predicted octanol–water partition coefficient (Wildman–Crippen LogP) is 4.85. The lowest BCUT2D eigenvalue weighted by molar-refractivity contribution is 0.695. The van der Waals surface area contributed by atoms with Gasteiger partial charge in [0.1, 0.15) is 5.82 Å². The van der Waals surface area contributed by atoms with Gasteiger partial charge in [0.05, 0.1) is 11.9 Å². The first-order valence-electron chi connectivity index (χ1n) is 8.43. The maximum absolute atomic E-state index is 4.87. The van der Waals surface area contributed by atoms with Crippen molar-refractivity contribution in [3.05, 3.63) is 34.7 Å². The molecule has 0 aliphatic rings. The van der Waals surface area contributed by atoms with Crippen molar-refractivity contribution in [3.8, 4) is 0 Å². The fraction of sp³-hybridized carbons (Fsp3) is 0.667. The van der Waals surface area contributed by atoms with Gasteiger partial charge >= 0.3 is 0 Å². The van der Waals surface area contributed by atoms with Crippen molar-refractivity contribution in [2.45, 2.75) is 78.6 Å². The van der Waals surface area contributed by atoms with Crippen molar-refractivity contribution in [3.63, 3.8) is 0 Å². The van der Waals surface area contributed by atoms with Crippen molar-refractivity contribution in [1.82, 2.24) is 20.2 Å². The monoisotopic (exact) mass is 302 g/mol. The highest BCUT2D eigenvalue weighted by Gasteiger charge is 2.20. The minimum absolute atomic E-state index is 0.405. The Bertz CT molecular complexity index is 579. The minimum atomic E-state index is 0.405. The lowest BCUT2D eigenvalue weighted by atomic mass is 9.94. The topological polar surface area (TPSA) is 57.4 Å². The molecule has 2 rings (SSSR count). The molecular formula is C18H30N4. The zero-order valence-electron chi connectivity index (χ0n) is 15.0. The fourth-order valence-electron chi connectivity index (χ4n) is 2.99. The number of nitrogens with zero attached hydrogens (tertiary/aromatic N) is 2. The van der Waals surface area contributed by atoms with Crippen molar-refractivity contribution in [2.75, 3.05) is 0 Å². The van der Waals surface area contributed by atoms with Crippen molar-refractivity contribution in [1.29, 1.82) is 0 Å². The molecule has 0 fully saturated rings. The highest BCUT2D eigenvalue weighted by atomic mass is 15.1. The van der Waals surface area contributed by atoms with Gasteiger partial charge in [-0.1, -0.05) is 48.5 Å². The first-order valence-corrected chi connectivity index (χ1v) is 8.43. The second-order valence-electron chi connectivity index (χ2n) is 7.29. The summed E-state index contributed by atoms with van der Waals surface area (Å²) in [4.78, 5) is 8.43. The molecule has 0 radical (unpaired) electrons. The lowest BCUT2D eigenvalue weighted by Gasteiger charge is -2.12. The number of nitrogens with one attached hydrogen (secondary N) is 2. The number of hydrogen-bond donors (Lipinski definition) is 2. The summed E-state index contributed by atoms with van der Waals surface area (Å²) in [5.41, 5.74) is 5.05. The van der Waals surface area contributed by atoms with Gasteiger partial charge in [0.25, 0.3) is 0 Å². The van der Waals surface area contributed by atoms with Gasteiger partial charge < -0.3 is 4.98 Å². The van der Waals surface area contributed by atoms with Crippen LogP contribution in [0.3, 0.4) is 0 Å². The van der Waals surface area contributed by atoms with E-state index in [9.17, 15) is 0 Å². The predicted molar refractivity (Wildman–Crippen MR) is 91.6 cm³/mol. The van der Waals surface area contributed by atoms with E-state index in [-0.39, 0.29) is 0 Å². The summed E-state index contributed by atoms with van der Waals surface area (Å²) < 4.78 is 0. The van der Waals surface area contributed by atoms with Crippen molar-refractivity contribution >= 4 is 0 Å². The Morgan fingerprint density at radius 3 is 2.05 bits per heavy atom.